The third kappa shape index (κ3) is 4.14. The molecular formula is C20H24N2O4S. The van der Waals surface area contributed by atoms with Crippen molar-refractivity contribution in [1.82, 2.24) is 4.72 Å². The quantitative estimate of drug-likeness (QED) is 0.825. The molecule has 0 bridgehead atoms. The van der Waals surface area contributed by atoms with Gasteiger partial charge in [0.2, 0.25) is 15.9 Å². The predicted molar refractivity (Wildman–Crippen MR) is 104 cm³/mol. The van der Waals surface area contributed by atoms with Crippen LogP contribution in [0.1, 0.15) is 36.9 Å². The number of ether oxygens (including phenoxy) is 1. The number of benzene rings is 2. The number of aryl methyl sites for hydroxylation is 1. The molecule has 6 nitrogen and oxygen atoms in total. The van der Waals surface area contributed by atoms with Crippen LogP contribution < -0.4 is 14.4 Å². The first-order valence-electron chi connectivity index (χ1n) is 8.89. The largest absolute Gasteiger partial charge is 0.497 e. The van der Waals surface area contributed by atoms with Crippen LogP contribution in [0.25, 0.3) is 0 Å². The molecule has 0 saturated carbocycles. The molecule has 1 fully saturated rings. The Kier molecular flexibility index (Phi) is 5.53. The van der Waals surface area contributed by atoms with Gasteiger partial charge in [0.1, 0.15) is 5.75 Å². The van der Waals surface area contributed by atoms with E-state index >= 15 is 0 Å². The molecule has 1 N–H and O–H groups in total. The van der Waals surface area contributed by atoms with E-state index in [-0.39, 0.29) is 16.8 Å². The standard InChI is InChI=1S/C20H24N2O4S/c1-14-13-18(10-11-19(14)22-12-4-5-20(22)23)27(24,25)21-15(2)16-6-8-17(26-3)9-7-16/h6-11,13,15,21H,4-5,12H2,1-3H3/t15-/m0/s1. The van der Waals surface area contributed by atoms with E-state index in [9.17, 15) is 13.2 Å². The first kappa shape index (κ1) is 19.4. The maximum Gasteiger partial charge on any atom is 0.241 e. The molecule has 2 aromatic carbocycles. The average Bonchev–Trinajstić information content (AvgIpc) is 3.07. The topological polar surface area (TPSA) is 75.7 Å². The van der Waals surface area contributed by atoms with Crippen molar-refractivity contribution in [3.63, 3.8) is 0 Å². The van der Waals surface area contributed by atoms with E-state index in [1.165, 1.54) is 0 Å². The molecule has 0 radical (unpaired) electrons. The molecule has 27 heavy (non-hydrogen) atoms. The summed E-state index contributed by atoms with van der Waals surface area (Å²) in [4.78, 5) is 13.9. The Morgan fingerprint density at radius 2 is 1.85 bits per heavy atom. The van der Waals surface area contributed by atoms with E-state index in [4.69, 9.17) is 4.74 Å². The molecule has 0 aromatic heterocycles. The maximum absolute atomic E-state index is 12.8. The van der Waals surface area contributed by atoms with Crippen LogP contribution in [0.15, 0.2) is 47.4 Å². The lowest BCUT2D eigenvalue weighted by Gasteiger charge is -2.20. The van der Waals surface area contributed by atoms with E-state index in [1.807, 2.05) is 19.1 Å². The number of methoxy groups -OCH3 is 1. The summed E-state index contributed by atoms with van der Waals surface area (Å²) in [6.45, 7) is 4.30. The van der Waals surface area contributed by atoms with Gasteiger partial charge in [-0.3, -0.25) is 4.79 Å². The molecule has 1 saturated heterocycles. The van der Waals surface area contributed by atoms with Gasteiger partial charge in [0.25, 0.3) is 0 Å². The lowest BCUT2D eigenvalue weighted by molar-refractivity contribution is -0.117. The number of carbonyl (C=O) groups excluding carboxylic acids is 1. The number of amides is 1. The molecule has 1 heterocycles. The Morgan fingerprint density at radius 3 is 2.41 bits per heavy atom. The van der Waals surface area contributed by atoms with Crippen molar-refractivity contribution in [2.24, 2.45) is 0 Å². The van der Waals surface area contributed by atoms with E-state index in [0.29, 0.717) is 13.0 Å². The zero-order chi connectivity index (χ0) is 19.6. The van der Waals surface area contributed by atoms with Crippen molar-refractivity contribution in [3.05, 3.63) is 53.6 Å². The summed E-state index contributed by atoms with van der Waals surface area (Å²) in [6, 6.07) is 11.8. The van der Waals surface area contributed by atoms with Gasteiger partial charge in [0, 0.05) is 24.7 Å². The van der Waals surface area contributed by atoms with Crippen LogP contribution in [0.5, 0.6) is 5.75 Å². The fourth-order valence-corrected chi connectivity index (χ4v) is 4.58. The van der Waals surface area contributed by atoms with Crippen molar-refractivity contribution in [1.29, 1.82) is 0 Å². The highest BCUT2D eigenvalue weighted by molar-refractivity contribution is 7.89. The second-order valence-corrected chi connectivity index (χ2v) is 8.43. The van der Waals surface area contributed by atoms with Gasteiger partial charge in [-0.2, -0.15) is 0 Å². The molecule has 2 aromatic rings. The number of hydrogen-bond acceptors (Lipinski definition) is 4. The Morgan fingerprint density at radius 1 is 1.15 bits per heavy atom. The van der Waals surface area contributed by atoms with Crippen LogP contribution in [-0.4, -0.2) is 28.0 Å². The van der Waals surface area contributed by atoms with Gasteiger partial charge < -0.3 is 9.64 Å². The Labute approximate surface area is 160 Å². The van der Waals surface area contributed by atoms with Crippen molar-refractivity contribution in [3.8, 4) is 5.75 Å². The van der Waals surface area contributed by atoms with Crippen LogP contribution in [0.2, 0.25) is 0 Å². The number of carbonyl (C=O) groups is 1. The number of nitrogens with zero attached hydrogens (tertiary/aromatic N) is 1. The first-order valence-corrected chi connectivity index (χ1v) is 10.4. The minimum absolute atomic E-state index is 0.0833. The van der Waals surface area contributed by atoms with Crippen molar-refractivity contribution < 1.29 is 17.9 Å². The van der Waals surface area contributed by atoms with E-state index in [1.54, 1.807) is 49.3 Å². The van der Waals surface area contributed by atoms with Crippen LogP contribution in [0.3, 0.4) is 0 Å². The smallest absolute Gasteiger partial charge is 0.241 e. The maximum atomic E-state index is 12.8. The van der Waals surface area contributed by atoms with Crippen molar-refractivity contribution in [2.75, 3.05) is 18.6 Å². The molecule has 0 spiro atoms. The normalized spacial score (nSPS) is 15.8. The van der Waals surface area contributed by atoms with Gasteiger partial charge >= 0.3 is 0 Å². The van der Waals surface area contributed by atoms with Crippen LogP contribution >= 0.6 is 0 Å². The molecule has 1 aliphatic heterocycles. The summed E-state index contributed by atoms with van der Waals surface area (Å²) >= 11 is 0. The van der Waals surface area contributed by atoms with E-state index < -0.39 is 10.0 Å². The highest BCUT2D eigenvalue weighted by Crippen LogP contribution is 2.28. The van der Waals surface area contributed by atoms with Gasteiger partial charge in [0.05, 0.1) is 12.0 Å². The molecule has 1 aliphatic rings. The minimum atomic E-state index is -3.68. The summed E-state index contributed by atoms with van der Waals surface area (Å²) in [6.07, 6.45) is 1.37. The van der Waals surface area contributed by atoms with Crippen LogP contribution in [0, 0.1) is 6.92 Å². The van der Waals surface area contributed by atoms with Crippen LogP contribution in [-0.2, 0) is 14.8 Å². The van der Waals surface area contributed by atoms with Crippen molar-refractivity contribution in [2.45, 2.75) is 37.6 Å². The van der Waals surface area contributed by atoms with Gasteiger partial charge in [-0.25, -0.2) is 13.1 Å². The number of sulfonamides is 1. The summed E-state index contributed by atoms with van der Waals surface area (Å²) in [5.74, 6) is 0.802. The number of rotatable bonds is 6. The van der Waals surface area contributed by atoms with Gasteiger partial charge in [-0.1, -0.05) is 12.1 Å². The highest BCUT2D eigenvalue weighted by atomic mass is 32.2. The predicted octanol–water partition coefficient (Wildman–Crippen LogP) is 3.17. The molecule has 1 atom stereocenters. The second kappa shape index (κ2) is 7.70. The monoisotopic (exact) mass is 388 g/mol. The number of hydrogen-bond donors (Lipinski definition) is 1. The molecule has 7 heteroatoms. The molecular weight excluding hydrogens is 364 g/mol. The highest BCUT2D eigenvalue weighted by Gasteiger charge is 2.25. The average molecular weight is 388 g/mol. The molecule has 0 unspecified atom stereocenters. The number of nitrogens with one attached hydrogen (secondary N) is 1. The lowest BCUT2D eigenvalue weighted by atomic mass is 10.1. The molecule has 0 aliphatic carbocycles. The SMILES string of the molecule is COc1ccc([C@H](C)NS(=O)(=O)c2ccc(N3CCCC3=O)c(C)c2)cc1. The summed E-state index contributed by atoms with van der Waals surface area (Å²) < 4.78 is 33.4. The summed E-state index contributed by atoms with van der Waals surface area (Å²) in [5.41, 5.74) is 2.39. The zero-order valence-corrected chi connectivity index (χ0v) is 16.5. The summed E-state index contributed by atoms with van der Waals surface area (Å²) in [7, 11) is -2.10. The molecule has 144 valence electrons. The molecule has 1 amide bonds. The van der Waals surface area contributed by atoms with Gasteiger partial charge in [-0.05, 0) is 61.7 Å². The second-order valence-electron chi connectivity index (χ2n) is 6.71. The third-order valence-corrected chi connectivity index (χ3v) is 6.33. The summed E-state index contributed by atoms with van der Waals surface area (Å²) in [5, 5.41) is 0. The Balaban J connectivity index is 1.79. The third-order valence-electron chi connectivity index (χ3n) is 4.79. The fourth-order valence-electron chi connectivity index (χ4n) is 3.26. The molecule has 3 rings (SSSR count). The number of anilines is 1. The Bertz CT molecular complexity index is 939. The van der Waals surface area contributed by atoms with E-state index in [0.717, 1.165) is 29.0 Å². The Hall–Kier alpha value is -2.38. The van der Waals surface area contributed by atoms with Crippen molar-refractivity contribution >= 4 is 21.6 Å². The fraction of sp³-hybridized carbons (Fsp3) is 0.350. The zero-order valence-electron chi connectivity index (χ0n) is 15.7. The van der Waals surface area contributed by atoms with Gasteiger partial charge in [-0.15, -0.1) is 0 Å². The first-order chi connectivity index (χ1) is 12.8. The van der Waals surface area contributed by atoms with E-state index in [2.05, 4.69) is 4.72 Å². The van der Waals surface area contributed by atoms with Gasteiger partial charge in [0.15, 0.2) is 0 Å². The van der Waals surface area contributed by atoms with Crippen LogP contribution in [0.4, 0.5) is 5.69 Å². The minimum Gasteiger partial charge on any atom is -0.497 e. The lowest BCUT2D eigenvalue weighted by Crippen LogP contribution is -2.27.